The highest BCUT2D eigenvalue weighted by molar-refractivity contribution is 8.03. The second kappa shape index (κ2) is 7.60. The molecule has 2 aliphatic rings. The molecule has 2 atom stereocenters. The van der Waals surface area contributed by atoms with Crippen LogP contribution in [-0.4, -0.2) is 23.5 Å². The molecule has 2 aromatic carbocycles. The average molecular weight is 387 g/mol. The number of nitrogens with zero attached hydrogens (tertiary/aromatic N) is 1. The minimum absolute atomic E-state index is 0.0230. The molecule has 2 aromatic rings. The predicted molar refractivity (Wildman–Crippen MR) is 102 cm³/mol. The molecule has 2 aliphatic heterocycles. The van der Waals surface area contributed by atoms with Crippen molar-refractivity contribution in [3.8, 4) is 5.75 Å². The monoisotopic (exact) mass is 387 g/mol. The Kier molecular flexibility index (Phi) is 5.03. The lowest BCUT2D eigenvalue weighted by Crippen LogP contribution is -2.16. The van der Waals surface area contributed by atoms with Crippen molar-refractivity contribution in [2.24, 2.45) is 0 Å². The van der Waals surface area contributed by atoms with Crippen molar-refractivity contribution < 1.29 is 18.8 Å². The van der Waals surface area contributed by atoms with Gasteiger partial charge in [-0.05, 0) is 30.4 Å². The van der Waals surface area contributed by atoms with Gasteiger partial charge >= 0.3 is 0 Å². The van der Waals surface area contributed by atoms with Crippen molar-refractivity contribution in [2.75, 3.05) is 12.3 Å². The summed E-state index contributed by atoms with van der Waals surface area (Å²) < 4.78 is 25.8. The van der Waals surface area contributed by atoms with Crippen molar-refractivity contribution in [3.05, 3.63) is 80.5 Å². The number of unbranched alkanes of at least 4 members (excludes halogenated alkanes) is 1. The number of nitro groups is 1. The van der Waals surface area contributed by atoms with Gasteiger partial charge in [-0.1, -0.05) is 30.3 Å². The first kappa shape index (κ1) is 17.9. The molecule has 5 nitrogen and oxygen atoms in total. The van der Waals surface area contributed by atoms with Crippen LogP contribution in [-0.2, 0) is 4.74 Å². The molecule has 27 heavy (non-hydrogen) atoms. The van der Waals surface area contributed by atoms with Crippen LogP contribution < -0.4 is 4.74 Å². The fourth-order valence-corrected chi connectivity index (χ4v) is 4.65. The average Bonchev–Trinajstić information content (AvgIpc) is 3.18. The first-order chi connectivity index (χ1) is 13.1. The second-order valence-corrected chi connectivity index (χ2v) is 7.57. The molecule has 140 valence electrons. The van der Waals surface area contributed by atoms with E-state index in [4.69, 9.17) is 9.47 Å². The summed E-state index contributed by atoms with van der Waals surface area (Å²) in [6.07, 6.45) is 0.758. The quantitative estimate of drug-likeness (QED) is 0.387. The van der Waals surface area contributed by atoms with Crippen LogP contribution in [0.15, 0.2) is 53.4 Å². The zero-order chi connectivity index (χ0) is 18.8. The largest absolute Gasteiger partial charge is 0.454 e. The Morgan fingerprint density at radius 1 is 1.11 bits per heavy atom. The van der Waals surface area contributed by atoms with Crippen LogP contribution in [0.1, 0.15) is 29.9 Å². The van der Waals surface area contributed by atoms with Crippen LogP contribution in [0.4, 0.5) is 4.39 Å². The van der Waals surface area contributed by atoms with Crippen LogP contribution in [0.25, 0.3) is 5.76 Å². The van der Waals surface area contributed by atoms with E-state index in [9.17, 15) is 14.5 Å². The van der Waals surface area contributed by atoms with Gasteiger partial charge in [0.1, 0.15) is 17.3 Å². The van der Waals surface area contributed by atoms with Gasteiger partial charge in [-0.3, -0.25) is 10.1 Å². The van der Waals surface area contributed by atoms with Crippen LogP contribution in [0, 0.1) is 15.9 Å². The molecule has 0 fully saturated rings. The Balaban J connectivity index is 1.61. The molecule has 4 rings (SSSR count). The minimum atomic E-state index is -0.502. The Morgan fingerprint density at radius 3 is 2.70 bits per heavy atom. The van der Waals surface area contributed by atoms with Crippen molar-refractivity contribution in [1.29, 1.82) is 0 Å². The maximum absolute atomic E-state index is 13.8. The molecule has 0 N–H and O–H groups in total. The summed E-state index contributed by atoms with van der Waals surface area (Å²) in [4.78, 5) is 11.2. The molecule has 0 saturated carbocycles. The highest BCUT2D eigenvalue weighted by Crippen LogP contribution is 2.54. The maximum atomic E-state index is 13.8. The molecule has 2 heterocycles. The second-order valence-electron chi connectivity index (χ2n) is 6.44. The van der Waals surface area contributed by atoms with Gasteiger partial charge in [0.25, 0.3) is 6.29 Å². The van der Waals surface area contributed by atoms with Gasteiger partial charge in [0.2, 0.25) is 6.54 Å². The molecule has 2 unspecified atom stereocenters. The van der Waals surface area contributed by atoms with E-state index in [1.54, 1.807) is 17.8 Å². The number of rotatable bonds is 7. The molecule has 0 spiro atoms. The van der Waals surface area contributed by atoms with Gasteiger partial charge in [-0.2, -0.15) is 0 Å². The Bertz CT molecular complexity index is 887. The van der Waals surface area contributed by atoms with Crippen LogP contribution in [0.5, 0.6) is 5.75 Å². The van der Waals surface area contributed by atoms with E-state index in [1.165, 1.54) is 12.1 Å². The summed E-state index contributed by atoms with van der Waals surface area (Å²) >= 11 is 1.61. The summed E-state index contributed by atoms with van der Waals surface area (Å²) in [6.45, 7) is -0.0230. The van der Waals surface area contributed by atoms with Crippen molar-refractivity contribution in [3.63, 3.8) is 0 Å². The van der Waals surface area contributed by atoms with Gasteiger partial charge in [0.05, 0.1) is 5.92 Å². The molecule has 0 radical (unpaired) electrons. The molecular weight excluding hydrogens is 369 g/mol. The Labute approximate surface area is 160 Å². The Morgan fingerprint density at radius 2 is 1.93 bits per heavy atom. The number of ether oxygens (including phenoxy) is 2. The van der Waals surface area contributed by atoms with Crippen LogP contribution in [0.3, 0.4) is 0 Å². The summed E-state index contributed by atoms with van der Waals surface area (Å²) in [6, 6.07) is 14.3. The molecule has 0 bridgehead atoms. The highest BCUT2D eigenvalue weighted by atomic mass is 32.2. The number of hydrogen-bond donors (Lipinski definition) is 0. The summed E-state index contributed by atoms with van der Waals surface area (Å²) in [7, 11) is 0. The highest BCUT2D eigenvalue weighted by Gasteiger charge is 2.46. The van der Waals surface area contributed by atoms with Crippen molar-refractivity contribution >= 4 is 17.5 Å². The van der Waals surface area contributed by atoms with E-state index in [1.807, 2.05) is 30.3 Å². The number of hydrogen-bond acceptors (Lipinski definition) is 5. The van der Waals surface area contributed by atoms with Crippen molar-refractivity contribution in [2.45, 2.75) is 25.0 Å². The van der Waals surface area contributed by atoms with E-state index < -0.39 is 6.29 Å². The summed E-state index contributed by atoms with van der Waals surface area (Å²) in [5, 5.41) is 10.5. The normalized spacial score (nSPS) is 20.0. The van der Waals surface area contributed by atoms with E-state index in [0.717, 1.165) is 34.0 Å². The maximum Gasteiger partial charge on any atom is 0.252 e. The standard InChI is InChI=1S/C20H18FNO4S/c21-14-8-9-16-15(12-14)17-19(27-11-5-4-10-22(23)24)18(26-20(17)25-16)13-6-2-1-3-7-13/h1-3,6-9,12,17,20H,4-5,10-11H2. The topological polar surface area (TPSA) is 61.6 Å². The summed E-state index contributed by atoms with van der Waals surface area (Å²) in [5.74, 6) is 1.65. The molecular formula is C20H18FNO4S. The molecule has 0 aromatic heterocycles. The first-order valence-electron chi connectivity index (χ1n) is 8.80. The molecule has 0 amide bonds. The Hall–Kier alpha value is -2.54. The van der Waals surface area contributed by atoms with Gasteiger partial charge in [-0.15, -0.1) is 11.8 Å². The number of fused-ring (bicyclic) bond motifs is 3. The van der Waals surface area contributed by atoms with E-state index >= 15 is 0 Å². The van der Waals surface area contributed by atoms with E-state index in [0.29, 0.717) is 12.2 Å². The number of benzene rings is 2. The van der Waals surface area contributed by atoms with Crippen LogP contribution in [0.2, 0.25) is 0 Å². The fraction of sp³-hybridized carbons (Fsp3) is 0.300. The molecule has 0 aliphatic carbocycles. The number of halogens is 1. The van der Waals surface area contributed by atoms with E-state index in [2.05, 4.69) is 0 Å². The van der Waals surface area contributed by atoms with Gasteiger partial charge in [0.15, 0.2) is 0 Å². The third-order valence-corrected chi connectivity index (χ3v) is 5.83. The van der Waals surface area contributed by atoms with Crippen LogP contribution >= 0.6 is 11.8 Å². The van der Waals surface area contributed by atoms with Gasteiger partial charge < -0.3 is 9.47 Å². The lowest BCUT2D eigenvalue weighted by molar-refractivity contribution is -0.480. The zero-order valence-corrected chi connectivity index (χ0v) is 15.3. The summed E-state index contributed by atoms with van der Waals surface area (Å²) in [5.41, 5.74) is 1.74. The third kappa shape index (κ3) is 3.64. The smallest absolute Gasteiger partial charge is 0.252 e. The zero-order valence-electron chi connectivity index (χ0n) is 14.5. The fourth-order valence-electron chi connectivity index (χ4n) is 3.36. The lowest BCUT2D eigenvalue weighted by Gasteiger charge is -2.11. The first-order valence-corrected chi connectivity index (χ1v) is 9.79. The molecule has 7 heteroatoms. The van der Waals surface area contributed by atoms with E-state index in [-0.39, 0.29) is 23.2 Å². The van der Waals surface area contributed by atoms with Gasteiger partial charge in [-0.25, -0.2) is 4.39 Å². The lowest BCUT2D eigenvalue weighted by atomic mass is 9.99. The SMILES string of the molecule is O=[N+]([O-])CCCCSC1=C(c2ccccc2)OC2Oc3ccc(F)cc3C12. The minimum Gasteiger partial charge on any atom is -0.454 e. The molecule has 0 saturated heterocycles. The number of thioether (sulfide) groups is 1. The third-order valence-electron chi connectivity index (χ3n) is 4.59. The van der Waals surface area contributed by atoms with Gasteiger partial charge in [0, 0.05) is 27.4 Å². The van der Waals surface area contributed by atoms with Crippen molar-refractivity contribution in [1.82, 2.24) is 0 Å². The predicted octanol–water partition coefficient (Wildman–Crippen LogP) is 4.82.